The van der Waals surface area contributed by atoms with Crippen LogP contribution < -0.4 is 0 Å². The smallest absolute Gasteiger partial charge is 0.233 e. The molecule has 7 nitrogen and oxygen atoms in total. The third-order valence-corrected chi connectivity index (χ3v) is 4.44. The molecule has 1 N–H and O–H groups in total. The Balaban J connectivity index is 1.75. The molecular weight excluding hydrogens is 334 g/mol. The van der Waals surface area contributed by atoms with Crippen LogP contribution >= 0.6 is 0 Å². The van der Waals surface area contributed by atoms with E-state index in [2.05, 4.69) is 17.1 Å². The molecule has 0 bridgehead atoms. The number of aromatic nitrogens is 2. The van der Waals surface area contributed by atoms with Gasteiger partial charge in [0, 0.05) is 5.39 Å². The zero-order valence-electron chi connectivity index (χ0n) is 14.8. The Hall–Kier alpha value is -2.67. The predicted octanol–water partition coefficient (Wildman–Crippen LogP) is 3.92. The molecule has 0 saturated carbocycles. The van der Waals surface area contributed by atoms with Crippen LogP contribution in [0.25, 0.3) is 11.0 Å². The first-order chi connectivity index (χ1) is 12.7. The summed E-state index contributed by atoms with van der Waals surface area (Å²) in [5.41, 5.74) is 1.87. The van der Waals surface area contributed by atoms with Crippen molar-refractivity contribution in [3.63, 3.8) is 0 Å². The summed E-state index contributed by atoms with van der Waals surface area (Å²) in [5, 5.41) is 19.5. The lowest BCUT2D eigenvalue weighted by atomic mass is 10.0. The van der Waals surface area contributed by atoms with Crippen LogP contribution in [-0.4, -0.2) is 33.4 Å². The molecule has 0 spiro atoms. The van der Waals surface area contributed by atoms with E-state index in [1.165, 1.54) is 0 Å². The quantitative estimate of drug-likeness (QED) is 0.256. The second-order valence-electron chi connectivity index (χ2n) is 6.38. The SMILES string of the molecule is CCCCCC(CN(O)C=O)c1nnc(Cc2cccc3occc23)o1. The van der Waals surface area contributed by atoms with Crippen molar-refractivity contribution in [2.75, 3.05) is 6.54 Å². The number of carbonyl (C=O) groups excluding carboxylic acids is 1. The average Bonchev–Trinajstić information content (AvgIpc) is 3.30. The summed E-state index contributed by atoms with van der Waals surface area (Å²) in [6, 6.07) is 7.77. The minimum Gasteiger partial charge on any atom is -0.464 e. The minimum atomic E-state index is -0.178. The normalized spacial score (nSPS) is 12.4. The third kappa shape index (κ3) is 4.29. The summed E-state index contributed by atoms with van der Waals surface area (Å²) in [7, 11) is 0. The molecule has 0 aliphatic rings. The molecule has 0 saturated heterocycles. The number of fused-ring (bicyclic) bond motifs is 1. The summed E-state index contributed by atoms with van der Waals surface area (Å²) >= 11 is 0. The highest BCUT2D eigenvalue weighted by molar-refractivity contribution is 5.81. The van der Waals surface area contributed by atoms with Crippen LogP contribution in [0, 0.1) is 0 Å². The fourth-order valence-corrected chi connectivity index (χ4v) is 3.08. The molecule has 0 aliphatic heterocycles. The molecule has 1 unspecified atom stereocenters. The lowest BCUT2D eigenvalue weighted by Gasteiger charge is -2.16. The van der Waals surface area contributed by atoms with Crippen molar-refractivity contribution in [3.05, 3.63) is 47.9 Å². The molecule has 7 heteroatoms. The standard InChI is InChI=1S/C19H23N3O4/c1-2-3-4-6-15(12-22(24)13-23)19-21-20-18(26-19)11-14-7-5-8-17-16(14)9-10-25-17/h5,7-10,13,15,24H,2-4,6,11-12H2,1H3. The lowest BCUT2D eigenvalue weighted by Crippen LogP contribution is -2.24. The molecule has 3 rings (SSSR count). The maximum Gasteiger partial charge on any atom is 0.233 e. The third-order valence-electron chi connectivity index (χ3n) is 4.44. The molecule has 3 aromatic rings. The van der Waals surface area contributed by atoms with E-state index in [9.17, 15) is 10.0 Å². The largest absolute Gasteiger partial charge is 0.464 e. The van der Waals surface area contributed by atoms with Crippen molar-refractivity contribution in [1.29, 1.82) is 0 Å². The van der Waals surface area contributed by atoms with Crippen molar-refractivity contribution in [2.24, 2.45) is 0 Å². The molecule has 1 atom stereocenters. The Morgan fingerprint density at radius 3 is 2.96 bits per heavy atom. The molecule has 1 amide bonds. The number of carbonyl (C=O) groups is 1. The van der Waals surface area contributed by atoms with Gasteiger partial charge in [-0.3, -0.25) is 10.0 Å². The number of hydrogen-bond donors (Lipinski definition) is 1. The number of benzene rings is 1. The molecule has 0 radical (unpaired) electrons. The molecule has 2 heterocycles. The molecule has 0 fully saturated rings. The number of hydroxylamine groups is 2. The summed E-state index contributed by atoms with van der Waals surface area (Å²) in [6.45, 7) is 2.27. The van der Waals surface area contributed by atoms with E-state index in [1.807, 2.05) is 24.3 Å². The van der Waals surface area contributed by atoms with Gasteiger partial charge in [0.15, 0.2) is 0 Å². The number of unbranched alkanes of at least 4 members (excludes halogenated alkanes) is 2. The minimum absolute atomic E-state index is 0.145. The van der Waals surface area contributed by atoms with Gasteiger partial charge in [-0.1, -0.05) is 38.3 Å². The van der Waals surface area contributed by atoms with E-state index in [4.69, 9.17) is 8.83 Å². The first kappa shape index (κ1) is 18.1. The van der Waals surface area contributed by atoms with E-state index in [0.717, 1.165) is 42.2 Å². The second kappa shape index (κ2) is 8.62. The monoisotopic (exact) mass is 357 g/mol. The van der Waals surface area contributed by atoms with Gasteiger partial charge >= 0.3 is 0 Å². The van der Waals surface area contributed by atoms with Crippen molar-refractivity contribution < 1.29 is 18.8 Å². The van der Waals surface area contributed by atoms with Gasteiger partial charge in [0.25, 0.3) is 0 Å². The van der Waals surface area contributed by atoms with Crippen molar-refractivity contribution >= 4 is 17.4 Å². The molecular formula is C19H23N3O4. The van der Waals surface area contributed by atoms with Crippen molar-refractivity contribution in [2.45, 2.75) is 44.9 Å². The highest BCUT2D eigenvalue weighted by atomic mass is 16.5. The number of nitrogens with zero attached hydrogens (tertiary/aromatic N) is 3. The molecule has 0 aliphatic carbocycles. The maximum absolute atomic E-state index is 10.7. The van der Waals surface area contributed by atoms with Gasteiger partial charge in [-0.2, -0.15) is 0 Å². The average molecular weight is 357 g/mol. The number of hydrogen-bond acceptors (Lipinski definition) is 6. The van der Waals surface area contributed by atoms with E-state index in [-0.39, 0.29) is 12.5 Å². The van der Waals surface area contributed by atoms with Crippen LogP contribution in [0.4, 0.5) is 0 Å². The summed E-state index contributed by atoms with van der Waals surface area (Å²) in [6.07, 6.45) is 6.47. The fourth-order valence-electron chi connectivity index (χ4n) is 3.08. The fraction of sp³-hybridized carbons (Fsp3) is 0.421. The Morgan fingerprint density at radius 1 is 1.27 bits per heavy atom. The van der Waals surface area contributed by atoms with Crippen LogP contribution in [-0.2, 0) is 11.2 Å². The van der Waals surface area contributed by atoms with Gasteiger partial charge in [0.2, 0.25) is 18.2 Å². The lowest BCUT2D eigenvalue weighted by molar-refractivity contribution is -0.151. The van der Waals surface area contributed by atoms with Gasteiger partial charge in [-0.15, -0.1) is 10.2 Å². The number of rotatable bonds is 10. The van der Waals surface area contributed by atoms with Gasteiger partial charge in [-0.05, 0) is 24.1 Å². The highest BCUT2D eigenvalue weighted by Crippen LogP contribution is 2.25. The van der Waals surface area contributed by atoms with E-state index < -0.39 is 0 Å². The zero-order valence-corrected chi connectivity index (χ0v) is 14.8. The van der Waals surface area contributed by atoms with Crippen LogP contribution in [0.5, 0.6) is 0 Å². The molecule has 2 aromatic heterocycles. The van der Waals surface area contributed by atoms with E-state index in [0.29, 0.717) is 29.7 Å². The molecule has 26 heavy (non-hydrogen) atoms. The number of amides is 1. The Kier molecular flexibility index (Phi) is 6.01. The van der Waals surface area contributed by atoms with Gasteiger partial charge in [0.05, 0.1) is 25.1 Å². The maximum atomic E-state index is 10.7. The highest BCUT2D eigenvalue weighted by Gasteiger charge is 2.21. The predicted molar refractivity (Wildman–Crippen MR) is 94.8 cm³/mol. The summed E-state index contributed by atoms with van der Waals surface area (Å²) < 4.78 is 11.3. The van der Waals surface area contributed by atoms with Gasteiger partial charge in [0.1, 0.15) is 5.58 Å². The van der Waals surface area contributed by atoms with Crippen LogP contribution in [0.15, 0.2) is 39.4 Å². The van der Waals surface area contributed by atoms with Crippen molar-refractivity contribution in [3.8, 4) is 0 Å². The second-order valence-corrected chi connectivity index (χ2v) is 6.38. The van der Waals surface area contributed by atoms with Gasteiger partial charge in [-0.25, -0.2) is 5.06 Å². The van der Waals surface area contributed by atoms with Crippen LogP contribution in [0.1, 0.15) is 55.9 Å². The summed E-state index contributed by atoms with van der Waals surface area (Å²) in [4.78, 5) is 10.7. The Labute approximate surface area is 151 Å². The van der Waals surface area contributed by atoms with Crippen molar-refractivity contribution in [1.82, 2.24) is 15.3 Å². The first-order valence-electron chi connectivity index (χ1n) is 8.89. The zero-order chi connectivity index (χ0) is 18.4. The topological polar surface area (TPSA) is 92.6 Å². The van der Waals surface area contributed by atoms with E-state index in [1.54, 1.807) is 6.26 Å². The molecule has 1 aromatic carbocycles. The van der Waals surface area contributed by atoms with Crippen LogP contribution in [0.2, 0.25) is 0 Å². The van der Waals surface area contributed by atoms with Gasteiger partial charge < -0.3 is 8.83 Å². The van der Waals surface area contributed by atoms with E-state index >= 15 is 0 Å². The first-order valence-corrected chi connectivity index (χ1v) is 8.89. The van der Waals surface area contributed by atoms with Crippen LogP contribution in [0.3, 0.4) is 0 Å². The number of furan rings is 1. The summed E-state index contributed by atoms with van der Waals surface area (Å²) in [5.74, 6) is 0.781. The Morgan fingerprint density at radius 2 is 2.15 bits per heavy atom. The molecule has 138 valence electrons. The Bertz CT molecular complexity index is 842.